The van der Waals surface area contributed by atoms with Crippen molar-refractivity contribution >= 4 is 23.2 Å². The molecular formula is C7H12Cl2. The molecule has 0 rings (SSSR count). The maximum atomic E-state index is 5.67. The van der Waals surface area contributed by atoms with Crippen molar-refractivity contribution in [2.24, 2.45) is 0 Å². The summed E-state index contributed by atoms with van der Waals surface area (Å²) in [7, 11) is 0. The normalized spacial score (nSPS) is 18.2. The number of hydrogen-bond donors (Lipinski definition) is 0. The van der Waals surface area contributed by atoms with Crippen LogP contribution in [0.5, 0.6) is 0 Å². The lowest BCUT2D eigenvalue weighted by molar-refractivity contribution is 0.962. The maximum Gasteiger partial charge on any atom is 0.0487 e. The molecule has 0 N–H and O–H groups in total. The molecule has 0 amide bonds. The molecule has 54 valence electrons. The zero-order valence-corrected chi connectivity index (χ0v) is 7.28. The molecule has 0 bridgehead atoms. The highest BCUT2D eigenvalue weighted by atomic mass is 35.5. The zero-order chi connectivity index (χ0) is 7.28. The lowest BCUT2D eigenvalue weighted by atomic mass is 10.3. The van der Waals surface area contributed by atoms with E-state index in [-0.39, 0.29) is 10.8 Å². The molecule has 2 atom stereocenters. The molecule has 0 spiro atoms. The number of rotatable bonds is 3. The lowest BCUT2D eigenvalue weighted by Gasteiger charge is -1.94. The molecule has 0 saturated heterocycles. The summed E-state index contributed by atoms with van der Waals surface area (Å²) in [6, 6.07) is 0. The first-order valence-electron chi connectivity index (χ1n) is 3.07. The fraction of sp³-hybridized carbons (Fsp3) is 0.714. The summed E-state index contributed by atoms with van der Waals surface area (Å²) in [6.45, 7) is 3.89. The second-order valence-corrected chi connectivity index (χ2v) is 3.56. The molecule has 0 aromatic heterocycles. The van der Waals surface area contributed by atoms with E-state index in [9.17, 15) is 0 Å². The van der Waals surface area contributed by atoms with Gasteiger partial charge in [0.25, 0.3) is 0 Å². The van der Waals surface area contributed by atoms with Gasteiger partial charge in [-0.1, -0.05) is 12.2 Å². The molecule has 0 saturated carbocycles. The monoisotopic (exact) mass is 166 g/mol. The van der Waals surface area contributed by atoms with E-state index in [1.807, 2.05) is 26.0 Å². The van der Waals surface area contributed by atoms with Crippen LogP contribution in [0.3, 0.4) is 0 Å². The van der Waals surface area contributed by atoms with Crippen molar-refractivity contribution in [2.45, 2.75) is 31.0 Å². The summed E-state index contributed by atoms with van der Waals surface area (Å²) in [5, 5.41) is 0.345. The Bertz CT molecular complexity index is 84.9. The first kappa shape index (κ1) is 9.32. The minimum Gasteiger partial charge on any atom is -0.123 e. The molecule has 0 aromatic rings. The summed E-state index contributed by atoms with van der Waals surface area (Å²) in [5.74, 6) is 0. The summed E-state index contributed by atoms with van der Waals surface area (Å²) < 4.78 is 0. The number of alkyl halides is 2. The van der Waals surface area contributed by atoms with Crippen LogP contribution in [0.4, 0.5) is 0 Å². The van der Waals surface area contributed by atoms with Crippen LogP contribution in [0.15, 0.2) is 12.2 Å². The summed E-state index contributed by atoms with van der Waals surface area (Å²) in [6.07, 6.45) is 4.86. The van der Waals surface area contributed by atoms with Crippen molar-refractivity contribution in [3.8, 4) is 0 Å². The molecule has 0 aliphatic heterocycles. The van der Waals surface area contributed by atoms with Crippen molar-refractivity contribution in [1.82, 2.24) is 0 Å². The Hall–Kier alpha value is 0.320. The average molecular weight is 167 g/mol. The average Bonchev–Trinajstić information content (AvgIpc) is 1.63. The smallest absolute Gasteiger partial charge is 0.0487 e. The van der Waals surface area contributed by atoms with Gasteiger partial charge >= 0.3 is 0 Å². The summed E-state index contributed by atoms with van der Waals surface area (Å²) in [5.41, 5.74) is 0. The van der Waals surface area contributed by atoms with Crippen LogP contribution in [0.2, 0.25) is 0 Å². The van der Waals surface area contributed by atoms with Gasteiger partial charge < -0.3 is 0 Å². The Morgan fingerprint density at radius 1 is 1.33 bits per heavy atom. The van der Waals surface area contributed by atoms with Crippen molar-refractivity contribution in [3.05, 3.63) is 12.2 Å². The first-order valence-corrected chi connectivity index (χ1v) is 3.95. The van der Waals surface area contributed by atoms with Gasteiger partial charge in [0.15, 0.2) is 0 Å². The van der Waals surface area contributed by atoms with Crippen LogP contribution in [-0.4, -0.2) is 10.8 Å². The highest BCUT2D eigenvalue weighted by molar-refractivity contribution is 6.21. The Kier molecular flexibility index (Phi) is 5.31. The van der Waals surface area contributed by atoms with Crippen LogP contribution in [0, 0.1) is 0 Å². The summed E-state index contributed by atoms with van der Waals surface area (Å²) >= 11 is 11.3. The fourth-order valence-corrected chi connectivity index (χ4v) is 0.659. The van der Waals surface area contributed by atoms with E-state index >= 15 is 0 Å². The second kappa shape index (κ2) is 5.13. The predicted molar refractivity (Wildman–Crippen MR) is 44.4 cm³/mol. The molecule has 0 fully saturated rings. The van der Waals surface area contributed by atoms with Gasteiger partial charge in [0, 0.05) is 10.8 Å². The quantitative estimate of drug-likeness (QED) is 0.447. The van der Waals surface area contributed by atoms with Gasteiger partial charge in [0.1, 0.15) is 0 Å². The SMILES string of the molecule is CC(Cl)C=CCC(C)Cl. The van der Waals surface area contributed by atoms with Gasteiger partial charge in [-0.2, -0.15) is 0 Å². The molecule has 2 unspecified atom stereocenters. The predicted octanol–water partition coefficient (Wildman–Crippen LogP) is 3.19. The summed E-state index contributed by atoms with van der Waals surface area (Å²) in [4.78, 5) is 0. The Balaban J connectivity index is 3.25. The van der Waals surface area contributed by atoms with Gasteiger partial charge in [-0.05, 0) is 20.3 Å². The highest BCUT2D eigenvalue weighted by Gasteiger charge is 1.90. The minimum atomic E-state index is 0.125. The third-order valence-corrected chi connectivity index (χ3v) is 1.19. The third kappa shape index (κ3) is 8.32. The Morgan fingerprint density at radius 3 is 2.22 bits per heavy atom. The van der Waals surface area contributed by atoms with Gasteiger partial charge in [-0.15, -0.1) is 23.2 Å². The van der Waals surface area contributed by atoms with Gasteiger partial charge in [-0.25, -0.2) is 0 Å². The van der Waals surface area contributed by atoms with E-state index in [0.717, 1.165) is 6.42 Å². The number of allylic oxidation sites excluding steroid dienone is 2. The van der Waals surface area contributed by atoms with Crippen molar-refractivity contribution in [3.63, 3.8) is 0 Å². The van der Waals surface area contributed by atoms with Gasteiger partial charge in [-0.3, -0.25) is 0 Å². The standard InChI is InChI=1S/C7H12Cl2/c1-6(8)4-3-5-7(2)9/h3-4,6-7H,5H2,1-2H3. The maximum absolute atomic E-state index is 5.67. The lowest BCUT2D eigenvalue weighted by Crippen LogP contribution is -1.87. The van der Waals surface area contributed by atoms with Crippen molar-refractivity contribution in [2.75, 3.05) is 0 Å². The van der Waals surface area contributed by atoms with Gasteiger partial charge in [0.05, 0.1) is 0 Å². The van der Waals surface area contributed by atoms with Crippen LogP contribution >= 0.6 is 23.2 Å². The largest absolute Gasteiger partial charge is 0.123 e. The Labute approximate surface area is 66.8 Å². The number of halogens is 2. The highest BCUT2D eigenvalue weighted by Crippen LogP contribution is 2.02. The molecule has 0 aliphatic carbocycles. The van der Waals surface area contributed by atoms with E-state index in [2.05, 4.69) is 0 Å². The van der Waals surface area contributed by atoms with Crippen LogP contribution in [0.1, 0.15) is 20.3 Å². The number of hydrogen-bond acceptors (Lipinski definition) is 0. The molecule has 2 heteroatoms. The van der Waals surface area contributed by atoms with E-state index in [0.29, 0.717) is 0 Å². The van der Waals surface area contributed by atoms with Crippen LogP contribution < -0.4 is 0 Å². The van der Waals surface area contributed by atoms with E-state index in [4.69, 9.17) is 23.2 Å². The van der Waals surface area contributed by atoms with E-state index < -0.39 is 0 Å². The van der Waals surface area contributed by atoms with E-state index in [1.54, 1.807) is 0 Å². The second-order valence-electron chi connectivity index (χ2n) is 2.12. The van der Waals surface area contributed by atoms with Crippen LogP contribution in [-0.2, 0) is 0 Å². The molecule has 0 nitrogen and oxygen atoms in total. The molecule has 0 aliphatic rings. The Morgan fingerprint density at radius 2 is 1.89 bits per heavy atom. The topological polar surface area (TPSA) is 0 Å². The van der Waals surface area contributed by atoms with Crippen molar-refractivity contribution < 1.29 is 0 Å². The molecule has 0 radical (unpaired) electrons. The molecule has 0 aromatic carbocycles. The fourth-order valence-electron chi connectivity index (χ4n) is 0.454. The first-order chi connectivity index (χ1) is 4.13. The van der Waals surface area contributed by atoms with Crippen LogP contribution in [0.25, 0.3) is 0 Å². The molecule has 0 heterocycles. The van der Waals surface area contributed by atoms with Gasteiger partial charge in [0.2, 0.25) is 0 Å². The minimum absolute atomic E-state index is 0.125. The molecular weight excluding hydrogens is 155 g/mol. The third-order valence-electron chi connectivity index (χ3n) is 0.862. The zero-order valence-electron chi connectivity index (χ0n) is 5.77. The van der Waals surface area contributed by atoms with E-state index in [1.165, 1.54) is 0 Å². The van der Waals surface area contributed by atoms with Crippen molar-refractivity contribution in [1.29, 1.82) is 0 Å². The molecule has 9 heavy (non-hydrogen) atoms.